The average Bonchev–Trinajstić information content (AvgIpc) is 2.94. The molecule has 0 saturated carbocycles. The first-order valence-electron chi connectivity index (χ1n) is 8.27. The molecule has 0 aromatic heterocycles. The van der Waals surface area contributed by atoms with Gasteiger partial charge < -0.3 is 10.1 Å². The zero-order valence-corrected chi connectivity index (χ0v) is 15.6. The fourth-order valence-corrected chi connectivity index (χ4v) is 3.41. The van der Waals surface area contributed by atoms with Crippen LogP contribution in [0.2, 0.25) is 0 Å². The van der Waals surface area contributed by atoms with E-state index < -0.39 is 17.5 Å². The summed E-state index contributed by atoms with van der Waals surface area (Å²) in [5, 5.41) is 7.96. The van der Waals surface area contributed by atoms with Crippen molar-refractivity contribution in [3.63, 3.8) is 0 Å². The van der Waals surface area contributed by atoms with E-state index in [4.69, 9.17) is 17.0 Å². The summed E-state index contributed by atoms with van der Waals surface area (Å²) in [5.41, 5.74) is -0.595. The minimum absolute atomic E-state index is 0.00987. The molecule has 1 aromatic carbocycles. The lowest BCUT2D eigenvalue weighted by atomic mass is 10.00. The normalized spacial score (nSPS) is 22.0. The maximum atomic E-state index is 12.9. The van der Waals surface area contributed by atoms with E-state index in [1.807, 2.05) is 6.92 Å². The topological polar surface area (TPSA) is 91.0 Å². The Kier molecular flexibility index (Phi) is 4.68. The Morgan fingerprint density at radius 1 is 1.38 bits per heavy atom. The molecule has 9 heteroatoms. The highest BCUT2D eigenvalue weighted by Crippen LogP contribution is 2.33. The van der Waals surface area contributed by atoms with Crippen molar-refractivity contribution >= 4 is 40.7 Å². The van der Waals surface area contributed by atoms with E-state index in [0.717, 1.165) is 0 Å². The predicted molar refractivity (Wildman–Crippen MR) is 98.2 cm³/mol. The first-order valence-corrected chi connectivity index (χ1v) is 8.68. The molecule has 2 aliphatic rings. The van der Waals surface area contributed by atoms with E-state index in [-0.39, 0.29) is 23.3 Å². The summed E-state index contributed by atoms with van der Waals surface area (Å²) in [4.78, 5) is 37.6. The molecule has 1 atom stereocenters. The molecule has 2 fully saturated rings. The molecule has 2 saturated heterocycles. The van der Waals surface area contributed by atoms with Crippen molar-refractivity contribution in [1.29, 1.82) is 0 Å². The standard InChI is InChI=1S/C17H20N4O4S/c1-4-25-12-8-6-5-7-10(12)18-14(23)11-9-13(22)20-16(26)19-15(24)17(2,3)21(11)20/h5-8,11H,4,9H2,1-3H3,(H,18,23)(H,19,24,26)/t11-/m0/s1. The first-order chi connectivity index (χ1) is 12.3. The molecular formula is C17H20N4O4S. The van der Waals surface area contributed by atoms with Gasteiger partial charge in [0.05, 0.1) is 18.7 Å². The lowest BCUT2D eigenvalue weighted by Gasteiger charge is -2.45. The number of amides is 3. The lowest BCUT2D eigenvalue weighted by molar-refractivity contribution is -0.154. The molecular weight excluding hydrogens is 356 g/mol. The molecule has 2 N–H and O–H groups in total. The summed E-state index contributed by atoms with van der Waals surface area (Å²) in [7, 11) is 0. The summed E-state index contributed by atoms with van der Waals surface area (Å²) in [6.07, 6.45) is -0.0683. The van der Waals surface area contributed by atoms with Crippen molar-refractivity contribution in [2.45, 2.75) is 38.8 Å². The van der Waals surface area contributed by atoms with Gasteiger partial charge in [-0.15, -0.1) is 0 Å². The second-order valence-corrected chi connectivity index (χ2v) is 6.89. The predicted octanol–water partition coefficient (Wildman–Crippen LogP) is 1.04. The summed E-state index contributed by atoms with van der Waals surface area (Å²) in [5.74, 6) is -0.559. The molecule has 8 nitrogen and oxygen atoms in total. The number of nitrogens with zero attached hydrogens (tertiary/aromatic N) is 2. The Labute approximate surface area is 156 Å². The third-order valence-corrected chi connectivity index (χ3v) is 4.68. The molecule has 3 amide bonds. The van der Waals surface area contributed by atoms with E-state index in [0.29, 0.717) is 18.0 Å². The molecule has 26 heavy (non-hydrogen) atoms. The van der Waals surface area contributed by atoms with Crippen LogP contribution in [0.4, 0.5) is 5.69 Å². The van der Waals surface area contributed by atoms with Gasteiger partial charge in [0.1, 0.15) is 17.3 Å². The van der Waals surface area contributed by atoms with Gasteiger partial charge in [0.25, 0.3) is 0 Å². The van der Waals surface area contributed by atoms with Crippen LogP contribution in [-0.4, -0.2) is 51.0 Å². The van der Waals surface area contributed by atoms with Crippen LogP contribution in [0.1, 0.15) is 27.2 Å². The minimum Gasteiger partial charge on any atom is -0.492 e. The van der Waals surface area contributed by atoms with Gasteiger partial charge in [0.2, 0.25) is 17.7 Å². The molecule has 138 valence electrons. The number of para-hydroxylation sites is 2. The fourth-order valence-electron chi connectivity index (χ4n) is 3.13. The number of nitrogens with one attached hydrogen (secondary N) is 2. The third-order valence-electron chi connectivity index (χ3n) is 4.40. The van der Waals surface area contributed by atoms with Crippen LogP contribution in [0.3, 0.4) is 0 Å². The molecule has 0 bridgehead atoms. The van der Waals surface area contributed by atoms with Crippen LogP contribution in [0.25, 0.3) is 0 Å². The summed E-state index contributed by atoms with van der Waals surface area (Å²) in [6, 6.07) is 6.20. The summed E-state index contributed by atoms with van der Waals surface area (Å²) >= 11 is 5.10. The molecule has 2 heterocycles. The van der Waals surface area contributed by atoms with Crippen molar-refractivity contribution in [2.75, 3.05) is 11.9 Å². The SMILES string of the molecule is CCOc1ccccc1NC(=O)[C@@H]1CC(=O)N2C(=S)NC(=O)C(C)(C)N12. The maximum absolute atomic E-state index is 12.9. The number of benzene rings is 1. The Morgan fingerprint density at radius 3 is 2.77 bits per heavy atom. The maximum Gasteiger partial charge on any atom is 0.248 e. The number of anilines is 1. The molecule has 3 rings (SSSR count). The zero-order valence-electron chi connectivity index (χ0n) is 14.7. The lowest BCUT2D eigenvalue weighted by Crippen LogP contribution is -2.71. The third kappa shape index (κ3) is 2.93. The Morgan fingerprint density at radius 2 is 2.08 bits per heavy atom. The van der Waals surface area contributed by atoms with Crippen molar-refractivity contribution < 1.29 is 19.1 Å². The van der Waals surface area contributed by atoms with Gasteiger partial charge in [0.15, 0.2) is 5.11 Å². The first kappa shape index (κ1) is 18.3. The highest BCUT2D eigenvalue weighted by atomic mass is 32.1. The van der Waals surface area contributed by atoms with Gasteiger partial charge in [-0.2, -0.15) is 5.01 Å². The number of carbonyl (C=O) groups is 3. The van der Waals surface area contributed by atoms with Crippen LogP contribution < -0.4 is 15.4 Å². The van der Waals surface area contributed by atoms with Gasteiger partial charge in [-0.05, 0) is 45.1 Å². The smallest absolute Gasteiger partial charge is 0.248 e. The Balaban J connectivity index is 1.89. The minimum atomic E-state index is -1.10. The molecule has 0 unspecified atom stereocenters. The van der Waals surface area contributed by atoms with E-state index >= 15 is 0 Å². The monoisotopic (exact) mass is 376 g/mol. The van der Waals surface area contributed by atoms with Crippen LogP contribution in [0.5, 0.6) is 5.75 Å². The zero-order chi connectivity index (χ0) is 19.1. The van der Waals surface area contributed by atoms with E-state index in [1.54, 1.807) is 38.1 Å². The van der Waals surface area contributed by atoms with Crippen molar-refractivity contribution in [2.24, 2.45) is 0 Å². The Hall–Kier alpha value is -2.52. The van der Waals surface area contributed by atoms with Crippen LogP contribution in [0, 0.1) is 0 Å². The van der Waals surface area contributed by atoms with E-state index in [9.17, 15) is 14.4 Å². The summed E-state index contributed by atoms with van der Waals surface area (Å²) in [6.45, 7) is 5.59. The number of carbonyl (C=O) groups excluding carboxylic acids is 3. The number of thiocarbonyl (C=S) groups is 1. The van der Waals surface area contributed by atoms with Crippen LogP contribution in [-0.2, 0) is 14.4 Å². The molecule has 2 aliphatic heterocycles. The quantitative estimate of drug-likeness (QED) is 0.763. The van der Waals surface area contributed by atoms with Crippen LogP contribution >= 0.6 is 12.2 Å². The number of hydrogen-bond acceptors (Lipinski definition) is 6. The van der Waals surface area contributed by atoms with E-state index in [1.165, 1.54) is 10.0 Å². The molecule has 0 radical (unpaired) electrons. The van der Waals surface area contributed by atoms with Crippen molar-refractivity contribution in [1.82, 2.24) is 15.3 Å². The second kappa shape index (κ2) is 6.65. The molecule has 0 spiro atoms. The van der Waals surface area contributed by atoms with Gasteiger partial charge in [-0.3, -0.25) is 19.7 Å². The Bertz CT molecular complexity index is 795. The number of hydrazine groups is 1. The highest BCUT2D eigenvalue weighted by molar-refractivity contribution is 7.80. The molecule has 1 aromatic rings. The van der Waals surface area contributed by atoms with Crippen LogP contribution in [0.15, 0.2) is 24.3 Å². The van der Waals surface area contributed by atoms with Crippen molar-refractivity contribution in [3.05, 3.63) is 24.3 Å². The van der Waals surface area contributed by atoms with Gasteiger partial charge in [0, 0.05) is 0 Å². The second-order valence-electron chi connectivity index (χ2n) is 6.51. The number of hydrogen-bond donors (Lipinski definition) is 2. The fraction of sp³-hybridized carbons (Fsp3) is 0.412. The van der Waals surface area contributed by atoms with E-state index in [2.05, 4.69) is 10.6 Å². The number of fused-ring (bicyclic) bond motifs is 1. The average molecular weight is 376 g/mol. The van der Waals surface area contributed by atoms with Gasteiger partial charge in [-0.1, -0.05) is 12.1 Å². The van der Waals surface area contributed by atoms with Gasteiger partial charge >= 0.3 is 0 Å². The summed E-state index contributed by atoms with van der Waals surface area (Å²) < 4.78 is 5.51. The largest absolute Gasteiger partial charge is 0.492 e. The number of ether oxygens (including phenoxy) is 1. The highest BCUT2D eigenvalue weighted by Gasteiger charge is 2.56. The van der Waals surface area contributed by atoms with Crippen molar-refractivity contribution in [3.8, 4) is 5.75 Å². The molecule has 0 aliphatic carbocycles. The number of rotatable bonds is 4. The van der Waals surface area contributed by atoms with Gasteiger partial charge in [-0.25, -0.2) is 5.01 Å².